The van der Waals surface area contributed by atoms with Crippen molar-refractivity contribution in [3.63, 3.8) is 0 Å². The van der Waals surface area contributed by atoms with Gasteiger partial charge in [0.05, 0.1) is 0 Å². The van der Waals surface area contributed by atoms with Crippen molar-refractivity contribution >= 4 is 37.0 Å². The molecule has 4 rings (SSSR count). The highest BCUT2D eigenvalue weighted by Crippen LogP contribution is 2.30. The molecular weight excluding hydrogens is 335 g/mol. The minimum absolute atomic E-state index is 0. The largest absolute Gasteiger partial charge is 0.147 e. The number of rotatable bonds is 2. The topological polar surface area (TPSA) is 0 Å². The molecule has 0 fully saturated rings. The van der Waals surface area contributed by atoms with E-state index in [9.17, 15) is 0 Å². The Morgan fingerprint density at radius 2 is 1.00 bits per heavy atom. The van der Waals surface area contributed by atoms with Crippen LogP contribution in [0.5, 0.6) is 0 Å². The Morgan fingerprint density at radius 3 is 1.38 bits per heavy atom. The predicted octanol–water partition coefficient (Wildman–Crippen LogP) is 6.81. The second-order valence-electron chi connectivity index (χ2n) is 5.50. The number of hydrogen-bond acceptors (Lipinski definition) is 0. The quantitative estimate of drug-likeness (QED) is 0.518. The van der Waals surface area contributed by atoms with Gasteiger partial charge in [0.25, 0.3) is 0 Å². The minimum atomic E-state index is 0. The third kappa shape index (κ3) is 4.08. The lowest BCUT2D eigenvalue weighted by atomic mass is 10.0. The van der Waals surface area contributed by atoms with E-state index >= 15 is 0 Å². The molecule has 0 radical (unpaired) electrons. The third-order valence-corrected chi connectivity index (χ3v) is 4.18. The van der Waals surface area contributed by atoms with Gasteiger partial charge in [-0.05, 0) is 22.3 Å². The molecule has 0 bridgehead atoms. The van der Waals surface area contributed by atoms with Gasteiger partial charge in [-0.15, -0.1) is 38.0 Å². The monoisotopic (exact) mass is 356 g/mol. The van der Waals surface area contributed by atoms with Crippen LogP contribution in [0.25, 0.3) is 12.2 Å². The Hall–Kier alpha value is -2.02. The fourth-order valence-corrected chi connectivity index (χ4v) is 2.97. The molecule has 2 aliphatic rings. The van der Waals surface area contributed by atoms with E-state index < -0.39 is 0 Å². The van der Waals surface area contributed by atoms with Crippen LogP contribution >= 0.6 is 24.8 Å². The SMILES string of the molecule is C=CC1C=Cc2ccccc21.C=CC1C=Cc2ccccc21.Cl.Cl. The van der Waals surface area contributed by atoms with Gasteiger partial charge in [0, 0.05) is 11.8 Å². The number of hydrogen-bond donors (Lipinski definition) is 0. The Balaban J connectivity index is 0.000000222. The lowest BCUT2D eigenvalue weighted by molar-refractivity contribution is 1.12. The molecule has 124 valence electrons. The molecule has 0 nitrogen and oxygen atoms in total. The van der Waals surface area contributed by atoms with Crippen molar-refractivity contribution in [2.75, 3.05) is 0 Å². The average molecular weight is 357 g/mol. The summed E-state index contributed by atoms with van der Waals surface area (Å²) in [6, 6.07) is 16.8. The average Bonchev–Trinajstić information content (AvgIpc) is 3.19. The maximum atomic E-state index is 3.79. The van der Waals surface area contributed by atoms with Crippen LogP contribution in [0.15, 0.2) is 86.0 Å². The molecule has 24 heavy (non-hydrogen) atoms. The molecule has 2 atom stereocenters. The van der Waals surface area contributed by atoms with E-state index in [1.165, 1.54) is 22.3 Å². The van der Waals surface area contributed by atoms with Gasteiger partial charge < -0.3 is 0 Å². The summed E-state index contributed by atoms with van der Waals surface area (Å²) in [5, 5.41) is 0. The van der Waals surface area contributed by atoms with Crippen molar-refractivity contribution in [1.82, 2.24) is 0 Å². The summed E-state index contributed by atoms with van der Waals surface area (Å²) >= 11 is 0. The van der Waals surface area contributed by atoms with E-state index in [-0.39, 0.29) is 24.8 Å². The van der Waals surface area contributed by atoms with Gasteiger partial charge in [-0.1, -0.05) is 85.0 Å². The molecule has 0 amide bonds. The van der Waals surface area contributed by atoms with E-state index in [1.807, 2.05) is 12.2 Å². The summed E-state index contributed by atoms with van der Waals surface area (Å²) < 4.78 is 0. The molecule has 0 saturated heterocycles. The van der Waals surface area contributed by atoms with Crippen molar-refractivity contribution in [2.45, 2.75) is 11.8 Å². The third-order valence-electron chi connectivity index (χ3n) is 4.18. The van der Waals surface area contributed by atoms with Gasteiger partial charge >= 0.3 is 0 Å². The Morgan fingerprint density at radius 1 is 0.625 bits per heavy atom. The maximum Gasteiger partial charge on any atom is 0.0205 e. The lowest BCUT2D eigenvalue weighted by Gasteiger charge is -2.03. The van der Waals surface area contributed by atoms with Gasteiger partial charge in [0.1, 0.15) is 0 Å². The second-order valence-corrected chi connectivity index (χ2v) is 5.50. The van der Waals surface area contributed by atoms with Crippen LogP contribution in [-0.2, 0) is 0 Å². The summed E-state index contributed by atoms with van der Waals surface area (Å²) in [5.41, 5.74) is 5.42. The Bertz CT molecular complexity index is 691. The zero-order chi connectivity index (χ0) is 15.4. The molecule has 0 saturated carbocycles. The second kappa shape index (κ2) is 9.32. The standard InChI is InChI=1S/2C11H10.2ClH/c2*1-2-9-7-8-10-5-3-4-6-11(9)10;;/h2*2-9H,1H2;2*1H. The van der Waals surface area contributed by atoms with Crippen LogP contribution in [0.4, 0.5) is 0 Å². The van der Waals surface area contributed by atoms with Gasteiger partial charge in [-0.3, -0.25) is 0 Å². The molecule has 2 aliphatic carbocycles. The summed E-state index contributed by atoms with van der Waals surface area (Å²) in [7, 11) is 0. The van der Waals surface area contributed by atoms with Crippen LogP contribution in [0.3, 0.4) is 0 Å². The van der Waals surface area contributed by atoms with Gasteiger partial charge in [0.2, 0.25) is 0 Å². The molecule has 0 spiro atoms. The highest BCUT2D eigenvalue weighted by Gasteiger charge is 2.12. The first kappa shape index (κ1) is 20.0. The number of allylic oxidation sites excluding steroid dienone is 4. The van der Waals surface area contributed by atoms with Crippen molar-refractivity contribution in [3.05, 3.63) is 108 Å². The van der Waals surface area contributed by atoms with E-state index in [4.69, 9.17) is 0 Å². The molecule has 2 aromatic carbocycles. The number of halogens is 2. The van der Waals surface area contributed by atoms with Gasteiger partial charge in [0.15, 0.2) is 0 Å². The first-order valence-corrected chi connectivity index (χ1v) is 7.63. The summed E-state index contributed by atoms with van der Waals surface area (Å²) in [5.74, 6) is 0.873. The molecule has 2 heteroatoms. The normalized spacial score (nSPS) is 18.2. The molecule has 0 aromatic heterocycles. The Labute approximate surface area is 157 Å². The highest BCUT2D eigenvalue weighted by atomic mass is 35.5. The van der Waals surface area contributed by atoms with E-state index in [2.05, 4.69) is 86.0 Å². The molecule has 2 aromatic rings. The predicted molar refractivity (Wildman–Crippen MR) is 111 cm³/mol. The van der Waals surface area contributed by atoms with Crippen LogP contribution in [0.1, 0.15) is 34.1 Å². The van der Waals surface area contributed by atoms with Crippen molar-refractivity contribution in [2.24, 2.45) is 0 Å². The summed E-state index contributed by atoms with van der Waals surface area (Å²) in [6.45, 7) is 7.58. The van der Waals surface area contributed by atoms with Crippen LogP contribution < -0.4 is 0 Å². The zero-order valence-corrected chi connectivity index (χ0v) is 15.1. The number of fused-ring (bicyclic) bond motifs is 2. The molecular formula is C22H22Cl2. The van der Waals surface area contributed by atoms with Crippen LogP contribution in [-0.4, -0.2) is 0 Å². The first-order valence-electron chi connectivity index (χ1n) is 7.63. The van der Waals surface area contributed by atoms with E-state index in [1.54, 1.807) is 0 Å². The zero-order valence-electron chi connectivity index (χ0n) is 13.5. The molecule has 2 unspecified atom stereocenters. The minimum Gasteiger partial charge on any atom is -0.147 e. The van der Waals surface area contributed by atoms with Gasteiger partial charge in [-0.25, -0.2) is 0 Å². The summed E-state index contributed by atoms with van der Waals surface area (Å²) in [4.78, 5) is 0. The Kier molecular flexibility index (Phi) is 7.78. The fraction of sp³-hybridized carbons (Fsp3) is 0.0909. The van der Waals surface area contributed by atoms with Crippen molar-refractivity contribution < 1.29 is 0 Å². The maximum absolute atomic E-state index is 3.79. The van der Waals surface area contributed by atoms with E-state index in [0.29, 0.717) is 11.8 Å². The molecule has 0 heterocycles. The smallest absolute Gasteiger partial charge is 0.0205 e. The molecule has 0 aliphatic heterocycles. The lowest BCUT2D eigenvalue weighted by Crippen LogP contribution is -1.86. The van der Waals surface area contributed by atoms with E-state index in [0.717, 1.165) is 0 Å². The highest BCUT2D eigenvalue weighted by molar-refractivity contribution is 5.85. The summed E-state index contributed by atoms with van der Waals surface area (Å²) in [6.07, 6.45) is 12.6. The van der Waals surface area contributed by atoms with Crippen LogP contribution in [0, 0.1) is 0 Å². The van der Waals surface area contributed by atoms with Crippen molar-refractivity contribution in [1.29, 1.82) is 0 Å². The van der Waals surface area contributed by atoms with Crippen molar-refractivity contribution in [3.8, 4) is 0 Å². The first-order chi connectivity index (χ1) is 10.8. The van der Waals surface area contributed by atoms with Gasteiger partial charge in [-0.2, -0.15) is 0 Å². The number of benzene rings is 2. The molecule has 0 N–H and O–H groups in total. The fourth-order valence-electron chi connectivity index (χ4n) is 2.97. The van der Waals surface area contributed by atoms with Crippen LogP contribution in [0.2, 0.25) is 0 Å².